The lowest BCUT2D eigenvalue weighted by Gasteiger charge is -2.56. The minimum absolute atomic E-state index is 0.631. The SMILES string of the molecule is CC1(C)CC2[CH]C(C)(C2)C1. The zero-order chi connectivity index (χ0) is 7.41. The Bertz CT molecular complexity index is 147. The molecule has 57 valence electrons. The van der Waals surface area contributed by atoms with E-state index >= 15 is 0 Å². The molecule has 2 atom stereocenters. The molecule has 0 saturated heterocycles. The van der Waals surface area contributed by atoms with E-state index in [1.165, 1.54) is 19.3 Å². The summed E-state index contributed by atoms with van der Waals surface area (Å²) in [5.74, 6) is 0.966. The van der Waals surface area contributed by atoms with Crippen LogP contribution in [0, 0.1) is 23.2 Å². The van der Waals surface area contributed by atoms with Crippen LogP contribution in [0.4, 0.5) is 0 Å². The fourth-order valence-corrected chi connectivity index (χ4v) is 3.27. The summed E-state index contributed by atoms with van der Waals surface area (Å²) in [5, 5.41) is 0. The highest BCUT2D eigenvalue weighted by Crippen LogP contribution is 2.60. The molecule has 0 aliphatic heterocycles. The van der Waals surface area contributed by atoms with Crippen molar-refractivity contribution >= 4 is 0 Å². The molecule has 0 aromatic carbocycles. The van der Waals surface area contributed by atoms with Gasteiger partial charge in [-0.3, -0.25) is 0 Å². The first kappa shape index (κ1) is 6.69. The minimum atomic E-state index is 0.631. The van der Waals surface area contributed by atoms with Crippen molar-refractivity contribution in [3.8, 4) is 0 Å². The summed E-state index contributed by atoms with van der Waals surface area (Å²) in [6, 6.07) is 0. The van der Waals surface area contributed by atoms with Gasteiger partial charge >= 0.3 is 0 Å². The molecule has 3 saturated carbocycles. The fourth-order valence-electron chi connectivity index (χ4n) is 3.27. The minimum Gasteiger partial charge on any atom is -0.0599 e. The Labute approximate surface area is 64.0 Å². The van der Waals surface area contributed by atoms with Gasteiger partial charge in [0.15, 0.2) is 0 Å². The lowest BCUT2D eigenvalue weighted by atomic mass is 9.49. The first-order chi connectivity index (χ1) is 4.49. The van der Waals surface area contributed by atoms with Crippen molar-refractivity contribution in [1.29, 1.82) is 0 Å². The standard InChI is InChI=1S/C10H17/c1-9(2)4-8-5-10(3,6-8)7-9/h5,8H,4,6-7H2,1-3H3. The highest BCUT2D eigenvalue weighted by atomic mass is 14.5. The first-order valence-electron chi connectivity index (χ1n) is 4.35. The van der Waals surface area contributed by atoms with Crippen LogP contribution in [0.3, 0.4) is 0 Å². The van der Waals surface area contributed by atoms with E-state index in [1.807, 2.05) is 0 Å². The van der Waals surface area contributed by atoms with Crippen molar-refractivity contribution < 1.29 is 0 Å². The van der Waals surface area contributed by atoms with E-state index in [-0.39, 0.29) is 0 Å². The molecule has 0 heteroatoms. The predicted octanol–water partition coefficient (Wildman–Crippen LogP) is 3.04. The molecule has 3 aliphatic carbocycles. The van der Waals surface area contributed by atoms with Crippen LogP contribution in [0.5, 0.6) is 0 Å². The molecule has 0 nitrogen and oxygen atoms in total. The largest absolute Gasteiger partial charge is 0.0599 e. The fraction of sp³-hybridized carbons (Fsp3) is 0.900. The zero-order valence-corrected chi connectivity index (χ0v) is 7.28. The van der Waals surface area contributed by atoms with E-state index in [9.17, 15) is 0 Å². The third-order valence-corrected chi connectivity index (χ3v) is 3.06. The molecule has 0 amide bonds. The Morgan fingerprint density at radius 1 is 1.20 bits per heavy atom. The summed E-state index contributed by atoms with van der Waals surface area (Å²) in [4.78, 5) is 0. The van der Waals surface area contributed by atoms with E-state index < -0.39 is 0 Å². The molecule has 0 spiro atoms. The van der Waals surface area contributed by atoms with E-state index in [0.29, 0.717) is 10.8 Å². The Hall–Kier alpha value is 0. The smallest absolute Gasteiger partial charge is 0.0284 e. The van der Waals surface area contributed by atoms with Gasteiger partial charge in [-0.25, -0.2) is 0 Å². The molecule has 2 unspecified atom stereocenters. The van der Waals surface area contributed by atoms with Crippen LogP contribution in [0.15, 0.2) is 0 Å². The number of hydrogen-bond acceptors (Lipinski definition) is 0. The molecule has 3 fully saturated rings. The summed E-state index contributed by atoms with van der Waals surface area (Å²) in [6.45, 7) is 7.22. The van der Waals surface area contributed by atoms with Gasteiger partial charge in [0, 0.05) is 0 Å². The maximum absolute atomic E-state index is 2.57. The highest BCUT2D eigenvalue weighted by Gasteiger charge is 2.50. The quantitative estimate of drug-likeness (QED) is 0.481. The molecule has 10 heavy (non-hydrogen) atoms. The van der Waals surface area contributed by atoms with Crippen LogP contribution in [0.1, 0.15) is 40.0 Å². The number of hydrogen-bond donors (Lipinski definition) is 0. The van der Waals surface area contributed by atoms with Gasteiger partial charge in [-0.05, 0) is 42.4 Å². The van der Waals surface area contributed by atoms with Gasteiger partial charge in [0.2, 0.25) is 0 Å². The maximum atomic E-state index is 2.57. The van der Waals surface area contributed by atoms with Gasteiger partial charge in [0.05, 0.1) is 0 Å². The Kier molecular flexibility index (Phi) is 1.07. The number of rotatable bonds is 0. The van der Waals surface area contributed by atoms with E-state index in [0.717, 1.165) is 5.92 Å². The summed E-state index contributed by atoms with van der Waals surface area (Å²) in [7, 11) is 0. The molecule has 0 N–H and O–H groups in total. The second-order valence-corrected chi connectivity index (χ2v) is 5.33. The Balaban J connectivity index is 2.12. The average molecular weight is 137 g/mol. The van der Waals surface area contributed by atoms with Crippen LogP contribution in [0.2, 0.25) is 0 Å². The lowest BCUT2D eigenvalue weighted by molar-refractivity contribution is 0.00664. The van der Waals surface area contributed by atoms with Crippen molar-refractivity contribution in [1.82, 2.24) is 0 Å². The molecule has 1 radical (unpaired) electrons. The third kappa shape index (κ3) is 0.889. The summed E-state index contributed by atoms with van der Waals surface area (Å²) < 4.78 is 0. The van der Waals surface area contributed by atoms with Crippen LogP contribution in [-0.4, -0.2) is 0 Å². The normalized spacial score (nSPS) is 50.1. The van der Waals surface area contributed by atoms with Crippen molar-refractivity contribution in [3.05, 3.63) is 6.42 Å². The van der Waals surface area contributed by atoms with Gasteiger partial charge in [-0.15, -0.1) is 0 Å². The van der Waals surface area contributed by atoms with Crippen LogP contribution < -0.4 is 0 Å². The van der Waals surface area contributed by atoms with Gasteiger partial charge in [0.25, 0.3) is 0 Å². The summed E-state index contributed by atoms with van der Waals surface area (Å²) in [5.41, 5.74) is 1.26. The third-order valence-electron chi connectivity index (χ3n) is 3.06. The van der Waals surface area contributed by atoms with Gasteiger partial charge in [-0.2, -0.15) is 0 Å². The van der Waals surface area contributed by atoms with Crippen molar-refractivity contribution in [2.45, 2.75) is 40.0 Å². The zero-order valence-electron chi connectivity index (χ0n) is 7.28. The van der Waals surface area contributed by atoms with Crippen LogP contribution in [-0.2, 0) is 0 Å². The predicted molar refractivity (Wildman–Crippen MR) is 43.5 cm³/mol. The Morgan fingerprint density at radius 2 is 1.80 bits per heavy atom. The summed E-state index contributed by atoms with van der Waals surface area (Å²) >= 11 is 0. The molecule has 2 bridgehead atoms. The van der Waals surface area contributed by atoms with Gasteiger partial charge in [0.1, 0.15) is 0 Å². The van der Waals surface area contributed by atoms with Crippen molar-refractivity contribution in [2.24, 2.45) is 16.7 Å². The molecule has 0 heterocycles. The average Bonchev–Trinajstić information content (AvgIpc) is 1.54. The maximum Gasteiger partial charge on any atom is -0.0284 e. The molecule has 3 rings (SSSR count). The Morgan fingerprint density at radius 3 is 2.10 bits per heavy atom. The lowest BCUT2D eigenvalue weighted by Crippen LogP contribution is -2.46. The van der Waals surface area contributed by atoms with Gasteiger partial charge in [-0.1, -0.05) is 20.8 Å². The second kappa shape index (κ2) is 1.60. The van der Waals surface area contributed by atoms with Gasteiger partial charge < -0.3 is 0 Å². The molecule has 3 aliphatic rings. The van der Waals surface area contributed by atoms with E-state index in [4.69, 9.17) is 0 Å². The van der Waals surface area contributed by atoms with Crippen LogP contribution in [0.25, 0.3) is 0 Å². The second-order valence-electron chi connectivity index (χ2n) is 5.33. The molecule has 0 aromatic rings. The van der Waals surface area contributed by atoms with Crippen molar-refractivity contribution in [2.75, 3.05) is 0 Å². The number of fused-ring (bicyclic) bond motifs is 2. The van der Waals surface area contributed by atoms with Crippen molar-refractivity contribution in [3.63, 3.8) is 0 Å². The molecule has 0 aromatic heterocycles. The first-order valence-corrected chi connectivity index (χ1v) is 4.35. The topological polar surface area (TPSA) is 0 Å². The van der Waals surface area contributed by atoms with E-state index in [1.54, 1.807) is 0 Å². The molecular formula is C10H17. The molecular weight excluding hydrogens is 120 g/mol. The monoisotopic (exact) mass is 137 g/mol. The summed E-state index contributed by atoms with van der Waals surface area (Å²) in [6.07, 6.45) is 6.88. The van der Waals surface area contributed by atoms with E-state index in [2.05, 4.69) is 27.2 Å². The van der Waals surface area contributed by atoms with Crippen LogP contribution >= 0.6 is 0 Å². The highest BCUT2D eigenvalue weighted by molar-refractivity contribution is 5.12.